The number of sulfonamides is 1. The molecule has 0 spiro atoms. The lowest BCUT2D eigenvalue weighted by atomic mass is 10.1. The lowest BCUT2D eigenvalue weighted by molar-refractivity contribution is 0.102. The summed E-state index contributed by atoms with van der Waals surface area (Å²) in [7, 11) is -3.64. The second-order valence-electron chi connectivity index (χ2n) is 5.65. The largest absolute Gasteiger partial charge is 0.321 e. The molecular weight excluding hydrogens is 430 g/mol. The second kappa shape index (κ2) is 8.43. The van der Waals surface area contributed by atoms with Gasteiger partial charge in [0.15, 0.2) is 0 Å². The van der Waals surface area contributed by atoms with E-state index >= 15 is 0 Å². The van der Waals surface area contributed by atoms with Crippen molar-refractivity contribution in [1.29, 1.82) is 0 Å². The predicted molar refractivity (Wildman–Crippen MR) is 107 cm³/mol. The van der Waals surface area contributed by atoms with E-state index in [9.17, 15) is 13.2 Å². The molecular formula is C19H16BrN3O3S. The normalized spacial score (nSPS) is 11.1. The van der Waals surface area contributed by atoms with Crippen LogP contribution in [-0.2, 0) is 16.6 Å². The van der Waals surface area contributed by atoms with E-state index in [1.54, 1.807) is 67.0 Å². The quantitative estimate of drug-likeness (QED) is 0.606. The number of hydrogen-bond donors (Lipinski definition) is 2. The molecule has 27 heavy (non-hydrogen) atoms. The number of halogens is 1. The fraction of sp³-hybridized carbons (Fsp3) is 0.0526. The minimum Gasteiger partial charge on any atom is -0.321 e. The number of rotatable bonds is 6. The van der Waals surface area contributed by atoms with Gasteiger partial charge in [0.25, 0.3) is 5.91 Å². The van der Waals surface area contributed by atoms with Crippen LogP contribution in [0.2, 0.25) is 0 Å². The first-order chi connectivity index (χ1) is 13.0. The summed E-state index contributed by atoms with van der Waals surface area (Å²) in [5.41, 5.74) is 1.81. The second-order valence-corrected chi connectivity index (χ2v) is 8.24. The summed E-state index contributed by atoms with van der Waals surface area (Å²) >= 11 is 3.24. The molecule has 0 fully saturated rings. The minimum absolute atomic E-state index is 0.119. The minimum atomic E-state index is -3.64. The monoisotopic (exact) mass is 445 g/mol. The summed E-state index contributed by atoms with van der Waals surface area (Å²) < 4.78 is 27.8. The highest BCUT2D eigenvalue weighted by Gasteiger charge is 2.16. The highest BCUT2D eigenvalue weighted by molar-refractivity contribution is 9.10. The molecule has 2 aromatic carbocycles. The summed E-state index contributed by atoms with van der Waals surface area (Å²) in [6.45, 7) is 0.119. The summed E-state index contributed by atoms with van der Waals surface area (Å²) in [5.74, 6) is -0.261. The molecule has 0 unspecified atom stereocenters. The van der Waals surface area contributed by atoms with Crippen LogP contribution in [0.25, 0.3) is 0 Å². The fourth-order valence-corrected chi connectivity index (χ4v) is 4.35. The zero-order valence-corrected chi connectivity index (χ0v) is 16.5. The number of benzene rings is 2. The lowest BCUT2D eigenvalue weighted by Crippen LogP contribution is -2.23. The van der Waals surface area contributed by atoms with Crippen LogP contribution < -0.4 is 10.0 Å². The zero-order chi connectivity index (χ0) is 19.3. The third-order valence-electron chi connectivity index (χ3n) is 3.73. The van der Waals surface area contributed by atoms with Gasteiger partial charge in [0.05, 0.1) is 16.8 Å². The van der Waals surface area contributed by atoms with Crippen molar-refractivity contribution in [2.75, 3.05) is 5.32 Å². The van der Waals surface area contributed by atoms with Gasteiger partial charge in [-0.2, -0.15) is 0 Å². The van der Waals surface area contributed by atoms with E-state index in [2.05, 4.69) is 31.0 Å². The van der Waals surface area contributed by atoms with E-state index < -0.39 is 10.0 Å². The van der Waals surface area contributed by atoms with Gasteiger partial charge in [-0.15, -0.1) is 0 Å². The molecule has 0 aliphatic rings. The molecule has 6 nitrogen and oxygen atoms in total. The van der Waals surface area contributed by atoms with Crippen molar-refractivity contribution in [3.63, 3.8) is 0 Å². The molecule has 3 rings (SSSR count). The standard InChI is InChI=1S/C19H16BrN3O3S/c20-17-5-1-2-6-18(17)27(25,26)22-12-14-7-9-15(10-8-14)19(24)23-16-4-3-11-21-13-16/h1-11,13,22H,12H2,(H,23,24). The maximum absolute atomic E-state index is 12.4. The summed E-state index contributed by atoms with van der Waals surface area (Å²) in [5, 5.41) is 2.74. The van der Waals surface area contributed by atoms with Crippen LogP contribution in [0.3, 0.4) is 0 Å². The number of carbonyl (C=O) groups is 1. The van der Waals surface area contributed by atoms with Gasteiger partial charge in [0, 0.05) is 22.8 Å². The Morgan fingerprint density at radius 1 is 1.00 bits per heavy atom. The van der Waals surface area contributed by atoms with E-state index in [0.717, 1.165) is 5.56 Å². The van der Waals surface area contributed by atoms with Gasteiger partial charge in [-0.05, 0) is 57.9 Å². The Morgan fingerprint density at radius 3 is 2.41 bits per heavy atom. The molecule has 1 aromatic heterocycles. The lowest BCUT2D eigenvalue weighted by Gasteiger charge is -2.09. The van der Waals surface area contributed by atoms with Crippen LogP contribution in [0, 0.1) is 0 Å². The molecule has 0 radical (unpaired) electrons. The molecule has 138 valence electrons. The Bertz CT molecular complexity index is 1040. The van der Waals surface area contributed by atoms with E-state index in [1.165, 1.54) is 6.07 Å². The van der Waals surface area contributed by atoms with E-state index in [0.29, 0.717) is 15.7 Å². The van der Waals surface area contributed by atoms with Gasteiger partial charge in [-0.3, -0.25) is 9.78 Å². The first-order valence-corrected chi connectivity index (χ1v) is 10.3. The fourth-order valence-electron chi connectivity index (χ4n) is 2.33. The van der Waals surface area contributed by atoms with Crippen LogP contribution in [0.4, 0.5) is 5.69 Å². The van der Waals surface area contributed by atoms with Crippen molar-refractivity contribution >= 4 is 37.5 Å². The summed E-state index contributed by atoms with van der Waals surface area (Å²) in [4.78, 5) is 16.3. The maximum atomic E-state index is 12.4. The van der Waals surface area contributed by atoms with E-state index in [1.807, 2.05) is 0 Å². The molecule has 1 heterocycles. The first-order valence-electron chi connectivity index (χ1n) is 8.00. The van der Waals surface area contributed by atoms with Crippen LogP contribution in [-0.4, -0.2) is 19.3 Å². The smallest absolute Gasteiger partial charge is 0.255 e. The van der Waals surface area contributed by atoms with E-state index in [4.69, 9.17) is 0 Å². The van der Waals surface area contributed by atoms with Gasteiger partial charge in [-0.1, -0.05) is 24.3 Å². The van der Waals surface area contributed by atoms with Crippen molar-refractivity contribution in [3.8, 4) is 0 Å². The van der Waals surface area contributed by atoms with Crippen LogP contribution in [0.1, 0.15) is 15.9 Å². The summed E-state index contributed by atoms with van der Waals surface area (Å²) in [6, 6.07) is 16.8. The number of nitrogens with one attached hydrogen (secondary N) is 2. The molecule has 0 aliphatic heterocycles. The van der Waals surface area contributed by atoms with Crippen LogP contribution in [0.5, 0.6) is 0 Å². The number of anilines is 1. The molecule has 0 saturated carbocycles. The van der Waals surface area contributed by atoms with E-state index in [-0.39, 0.29) is 17.3 Å². The third-order valence-corrected chi connectivity index (χ3v) is 6.14. The molecule has 0 saturated heterocycles. The van der Waals surface area contributed by atoms with Gasteiger partial charge in [0.1, 0.15) is 0 Å². The number of hydrogen-bond acceptors (Lipinski definition) is 4. The van der Waals surface area contributed by atoms with Gasteiger partial charge < -0.3 is 5.32 Å². The molecule has 1 amide bonds. The Morgan fingerprint density at radius 2 is 1.74 bits per heavy atom. The van der Waals surface area contributed by atoms with Gasteiger partial charge >= 0.3 is 0 Å². The highest BCUT2D eigenvalue weighted by atomic mass is 79.9. The molecule has 2 N–H and O–H groups in total. The Labute approximate surface area is 165 Å². The van der Waals surface area contributed by atoms with Crippen molar-refractivity contribution in [2.24, 2.45) is 0 Å². The number of aromatic nitrogens is 1. The number of pyridine rings is 1. The van der Waals surface area contributed by atoms with Gasteiger partial charge in [0.2, 0.25) is 10.0 Å². The third kappa shape index (κ3) is 5.00. The molecule has 0 atom stereocenters. The predicted octanol–water partition coefficient (Wildman–Crippen LogP) is 3.57. The Balaban J connectivity index is 1.64. The topological polar surface area (TPSA) is 88.2 Å². The zero-order valence-electron chi connectivity index (χ0n) is 14.1. The van der Waals surface area contributed by atoms with Crippen LogP contribution in [0.15, 0.2) is 82.4 Å². The summed E-state index contributed by atoms with van der Waals surface area (Å²) in [6.07, 6.45) is 3.18. The van der Waals surface area contributed by atoms with Crippen LogP contribution >= 0.6 is 15.9 Å². The average molecular weight is 446 g/mol. The van der Waals surface area contributed by atoms with Crippen molar-refractivity contribution in [2.45, 2.75) is 11.4 Å². The maximum Gasteiger partial charge on any atom is 0.255 e. The molecule has 3 aromatic rings. The molecule has 8 heteroatoms. The average Bonchev–Trinajstić information content (AvgIpc) is 2.68. The van der Waals surface area contributed by atoms with Crippen molar-refractivity contribution in [1.82, 2.24) is 9.71 Å². The Hall–Kier alpha value is -2.55. The van der Waals surface area contributed by atoms with Crippen molar-refractivity contribution < 1.29 is 13.2 Å². The SMILES string of the molecule is O=C(Nc1cccnc1)c1ccc(CNS(=O)(=O)c2ccccc2Br)cc1. The number of nitrogens with zero attached hydrogens (tertiary/aromatic N) is 1. The number of carbonyl (C=O) groups excluding carboxylic acids is 1. The Kier molecular flexibility index (Phi) is 6.00. The molecule has 0 bridgehead atoms. The molecule has 0 aliphatic carbocycles. The van der Waals surface area contributed by atoms with Crippen molar-refractivity contribution in [3.05, 3.63) is 88.7 Å². The first kappa shape index (κ1) is 19.2. The number of amides is 1. The highest BCUT2D eigenvalue weighted by Crippen LogP contribution is 2.21. The van der Waals surface area contributed by atoms with Gasteiger partial charge in [-0.25, -0.2) is 13.1 Å².